The molecule has 0 bridgehead atoms. The van der Waals surface area contributed by atoms with E-state index >= 15 is 0 Å². The maximum atomic E-state index is 14.0. The van der Waals surface area contributed by atoms with Crippen molar-refractivity contribution < 1.29 is 9.18 Å². The lowest BCUT2D eigenvalue weighted by Crippen LogP contribution is -2.48. The van der Waals surface area contributed by atoms with Gasteiger partial charge in [-0.3, -0.25) is 9.59 Å². The Hall–Kier alpha value is -2.54. The second kappa shape index (κ2) is 6.29. The standard InChI is InChI=1S/C16H17FN4O2/c1-11-10-14(22)15(16(23)20-8-6-18-7-9-20)19-21(11)13-5-3-2-4-12(13)17/h2-5,10,18H,6-9H2,1H3. The highest BCUT2D eigenvalue weighted by Gasteiger charge is 2.23. The van der Waals surface area contributed by atoms with Gasteiger partial charge in [0.15, 0.2) is 5.69 Å². The Kier molecular flexibility index (Phi) is 4.20. The van der Waals surface area contributed by atoms with Crippen molar-refractivity contribution in [2.75, 3.05) is 26.2 Å². The normalized spacial score (nSPS) is 14.8. The van der Waals surface area contributed by atoms with Crippen LogP contribution < -0.4 is 10.7 Å². The minimum atomic E-state index is -0.465. The lowest BCUT2D eigenvalue weighted by atomic mass is 10.2. The molecule has 1 aromatic heterocycles. The van der Waals surface area contributed by atoms with Gasteiger partial charge in [0.05, 0.1) is 0 Å². The van der Waals surface area contributed by atoms with E-state index in [4.69, 9.17) is 0 Å². The van der Waals surface area contributed by atoms with E-state index < -0.39 is 17.2 Å². The second-order valence-electron chi connectivity index (χ2n) is 5.40. The van der Waals surface area contributed by atoms with Gasteiger partial charge in [0.2, 0.25) is 5.43 Å². The Morgan fingerprint density at radius 2 is 1.96 bits per heavy atom. The van der Waals surface area contributed by atoms with Gasteiger partial charge in [-0.2, -0.15) is 5.10 Å². The largest absolute Gasteiger partial charge is 0.335 e. The molecule has 0 unspecified atom stereocenters. The van der Waals surface area contributed by atoms with Gasteiger partial charge >= 0.3 is 0 Å². The van der Waals surface area contributed by atoms with Crippen LogP contribution in [0.2, 0.25) is 0 Å². The van der Waals surface area contributed by atoms with Gasteiger partial charge < -0.3 is 10.2 Å². The molecular formula is C16H17FN4O2. The van der Waals surface area contributed by atoms with Crippen LogP contribution in [0.5, 0.6) is 0 Å². The summed E-state index contributed by atoms with van der Waals surface area (Å²) in [4.78, 5) is 26.3. The summed E-state index contributed by atoms with van der Waals surface area (Å²) in [6.07, 6.45) is 0. The lowest BCUT2D eigenvalue weighted by molar-refractivity contribution is 0.0726. The third kappa shape index (κ3) is 3.00. The van der Waals surface area contributed by atoms with Gasteiger partial charge in [-0.1, -0.05) is 12.1 Å². The Bertz CT molecular complexity index is 797. The second-order valence-corrected chi connectivity index (χ2v) is 5.40. The molecule has 7 heteroatoms. The number of piperazine rings is 1. The Labute approximate surface area is 132 Å². The first-order valence-electron chi connectivity index (χ1n) is 7.44. The van der Waals surface area contributed by atoms with E-state index in [1.165, 1.54) is 16.8 Å². The summed E-state index contributed by atoms with van der Waals surface area (Å²) >= 11 is 0. The van der Waals surface area contributed by atoms with E-state index in [-0.39, 0.29) is 11.4 Å². The number of hydrogen-bond acceptors (Lipinski definition) is 4. The fraction of sp³-hybridized carbons (Fsp3) is 0.312. The van der Waals surface area contributed by atoms with E-state index in [1.807, 2.05) is 0 Å². The van der Waals surface area contributed by atoms with Crippen molar-refractivity contribution in [2.24, 2.45) is 0 Å². The van der Waals surface area contributed by atoms with Crippen LogP contribution in [0.4, 0.5) is 4.39 Å². The first-order chi connectivity index (χ1) is 11.1. The maximum Gasteiger partial charge on any atom is 0.278 e. The van der Waals surface area contributed by atoms with Crippen LogP contribution in [-0.2, 0) is 0 Å². The number of carbonyl (C=O) groups excluding carboxylic acids is 1. The minimum absolute atomic E-state index is 0.180. The Morgan fingerprint density at radius 3 is 2.65 bits per heavy atom. The summed E-state index contributed by atoms with van der Waals surface area (Å²) in [5, 5.41) is 7.27. The number of carbonyl (C=O) groups is 1. The molecule has 2 heterocycles. The van der Waals surface area contributed by atoms with Crippen LogP contribution >= 0.6 is 0 Å². The number of halogens is 1. The van der Waals surface area contributed by atoms with Crippen LogP contribution in [-0.4, -0.2) is 46.8 Å². The molecule has 1 aliphatic heterocycles. The van der Waals surface area contributed by atoms with Crippen LogP contribution in [0.25, 0.3) is 5.69 Å². The van der Waals surface area contributed by atoms with Gasteiger partial charge in [-0.25, -0.2) is 9.07 Å². The molecule has 0 spiro atoms. The van der Waals surface area contributed by atoms with Crippen molar-refractivity contribution in [1.29, 1.82) is 0 Å². The summed E-state index contributed by atoms with van der Waals surface area (Å²) in [5.74, 6) is -0.881. The van der Waals surface area contributed by atoms with E-state index in [0.29, 0.717) is 31.9 Å². The van der Waals surface area contributed by atoms with Gasteiger partial charge in [-0.05, 0) is 19.1 Å². The highest BCUT2D eigenvalue weighted by Crippen LogP contribution is 2.13. The van der Waals surface area contributed by atoms with Crippen molar-refractivity contribution >= 4 is 5.91 Å². The number of benzene rings is 1. The average molecular weight is 316 g/mol. The monoisotopic (exact) mass is 316 g/mol. The van der Waals surface area contributed by atoms with Crippen LogP contribution in [0.3, 0.4) is 0 Å². The summed E-state index contributed by atoms with van der Waals surface area (Å²) in [6, 6.07) is 7.43. The first kappa shape index (κ1) is 15.4. The van der Waals surface area contributed by atoms with Crippen molar-refractivity contribution in [2.45, 2.75) is 6.92 Å². The zero-order chi connectivity index (χ0) is 16.4. The zero-order valence-corrected chi connectivity index (χ0v) is 12.8. The van der Waals surface area contributed by atoms with Gasteiger partial charge in [-0.15, -0.1) is 0 Å². The molecule has 120 valence electrons. The number of amides is 1. The molecule has 0 aliphatic carbocycles. The maximum absolute atomic E-state index is 14.0. The SMILES string of the molecule is Cc1cc(=O)c(C(=O)N2CCNCC2)nn1-c1ccccc1F. The number of para-hydroxylation sites is 1. The molecule has 1 fully saturated rings. The van der Waals surface area contributed by atoms with Gasteiger partial charge in [0.25, 0.3) is 5.91 Å². The quantitative estimate of drug-likeness (QED) is 0.887. The molecule has 1 aliphatic rings. The number of nitrogens with one attached hydrogen (secondary N) is 1. The number of hydrogen-bond donors (Lipinski definition) is 1. The first-order valence-corrected chi connectivity index (χ1v) is 7.44. The molecule has 6 nitrogen and oxygen atoms in total. The minimum Gasteiger partial charge on any atom is -0.335 e. The molecule has 23 heavy (non-hydrogen) atoms. The zero-order valence-electron chi connectivity index (χ0n) is 12.8. The Balaban J connectivity index is 2.05. The van der Waals surface area contributed by atoms with E-state index in [2.05, 4.69) is 10.4 Å². The van der Waals surface area contributed by atoms with Crippen molar-refractivity contribution in [3.8, 4) is 5.69 Å². The smallest absolute Gasteiger partial charge is 0.278 e. The molecule has 0 saturated carbocycles. The molecule has 3 rings (SSSR count). The van der Waals surface area contributed by atoms with Crippen LogP contribution in [0, 0.1) is 12.7 Å². The number of aryl methyl sites for hydroxylation is 1. The van der Waals surface area contributed by atoms with Crippen molar-refractivity contribution in [3.05, 3.63) is 57.8 Å². The summed E-state index contributed by atoms with van der Waals surface area (Å²) in [6.45, 7) is 4.05. The molecule has 0 atom stereocenters. The average Bonchev–Trinajstić information content (AvgIpc) is 2.56. The fourth-order valence-electron chi connectivity index (χ4n) is 2.58. The summed E-state index contributed by atoms with van der Waals surface area (Å²) < 4.78 is 15.3. The summed E-state index contributed by atoms with van der Waals surface area (Å²) in [7, 11) is 0. The highest BCUT2D eigenvalue weighted by atomic mass is 19.1. The lowest BCUT2D eigenvalue weighted by Gasteiger charge is -2.27. The van der Waals surface area contributed by atoms with Crippen LogP contribution in [0.15, 0.2) is 35.1 Å². The van der Waals surface area contributed by atoms with Crippen LogP contribution in [0.1, 0.15) is 16.2 Å². The van der Waals surface area contributed by atoms with Crippen molar-refractivity contribution in [3.63, 3.8) is 0 Å². The fourth-order valence-corrected chi connectivity index (χ4v) is 2.58. The Morgan fingerprint density at radius 1 is 1.26 bits per heavy atom. The predicted molar refractivity (Wildman–Crippen MR) is 83.3 cm³/mol. The third-order valence-electron chi connectivity index (χ3n) is 3.79. The number of rotatable bonds is 2. The highest BCUT2D eigenvalue weighted by molar-refractivity contribution is 5.92. The number of aromatic nitrogens is 2. The molecule has 1 aromatic carbocycles. The molecular weight excluding hydrogens is 299 g/mol. The summed E-state index contributed by atoms with van der Waals surface area (Å²) in [5.41, 5.74) is 0.0516. The van der Waals surface area contributed by atoms with E-state index in [0.717, 1.165) is 0 Å². The van der Waals surface area contributed by atoms with Gasteiger partial charge in [0, 0.05) is 37.9 Å². The van der Waals surface area contributed by atoms with Crippen molar-refractivity contribution in [1.82, 2.24) is 20.0 Å². The molecule has 2 aromatic rings. The topological polar surface area (TPSA) is 67.2 Å². The number of nitrogens with zero attached hydrogens (tertiary/aromatic N) is 3. The molecule has 1 amide bonds. The predicted octanol–water partition coefficient (Wildman–Crippen LogP) is 0.725. The third-order valence-corrected chi connectivity index (χ3v) is 3.79. The van der Waals surface area contributed by atoms with E-state index in [9.17, 15) is 14.0 Å². The molecule has 1 N–H and O–H groups in total. The van der Waals surface area contributed by atoms with E-state index in [1.54, 1.807) is 30.0 Å². The van der Waals surface area contributed by atoms with Gasteiger partial charge in [0.1, 0.15) is 11.5 Å². The molecule has 1 saturated heterocycles. The molecule has 0 radical (unpaired) electrons.